The lowest BCUT2D eigenvalue weighted by atomic mass is 10.1. The van der Waals surface area contributed by atoms with Crippen LogP contribution in [0.2, 0.25) is 0 Å². The summed E-state index contributed by atoms with van der Waals surface area (Å²) in [4.78, 5) is 0. The van der Waals surface area contributed by atoms with Crippen LogP contribution < -0.4 is 0 Å². The Labute approximate surface area is 113 Å². The van der Waals surface area contributed by atoms with E-state index in [-0.39, 0.29) is 0 Å². The number of rotatable bonds is 14. The fourth-order valence-corrected chi connectivity index (χ4v) is 1.85. The van der Waals surface area contributed by atoms with Crippen molar-refractivity contribution < 1.29 is 9.47 Å². The van der Waals surface area contributed by atoms with Crippen molar-refractivity contribution in [2.24, 2.45) is 0 Å². The van der Waals surface area contributed by atoms with Gasteiger partial charge >= 0.3 is 0 Å². The Bertz CT molecular complexity index is 117. The van der Waals surface area contributed by atoms with Crippen LogP contribution in [-0.4, -0.2) is 32.2 Å². The molecule has 0 unspecified atom stereocenters. The van der Waals surface area contributed by atoms with Gasteiger partial charge in [-0.05, 0) is 6.42 Å². The quantitative estimate of drug-likeness (QED) is 0.375. The fraction of sp³-hybridized carbons (Fsp3) is 1.00. The molecule has 0 aliphatic carbocycles. The van der Waals surface area contributed by atoms with Crippen molar-refractivity contribution in [2.75, 3.05) is 32.2 Å². The summed E-state index contributed by atoms with van der Waals surface area (Å²) in [6.07, 6.45) is 10.8. The highest BCUT2D eigenvalue weighted by Crippen LogP contribution is 2.08. The Morgan fingerprint density at radius 2 is 1.18 bits per heavy atom. The lowest BCUT2D eigenvalue weighted by Gasteiger charge is -2.05. The molecule has 0 radical (unpaired) electrons. The molecular weight excluding hydrogens is 232 g/mol. The van der Waals surface area contributed by atoms with Crippen LogP contribution in [0.25, 0.3) is 0 Å². The van der Waals surface area contributed by atoms with E-state index < -0.39 is 0 Å². The maximum absolute atomic E-state index is 5.48. The number of unbranched alkanes of at least 4 members (excludes halogenated alkanes) is 7. The van der Waals surface area contributed by atoms with Crippen molar-refractivity contribution in [2.45, 2.75) is 58.3 Å². The Morgan fingerprint density at radius 3 is 1.76 bits per heavy atom. The highest BCUT2D eigenvalue weighted by Gasteiger charge is 1.92. The lowest BCUT2D eigenvalue weighted by molar-refractivity contribution is 0.0523. The van der Waals surface area contributed by atoms with Crippen LogP contribution in [0.3, 0.4) is 0 Å². The van der Waals surface area contributed by atoms with Crippen molar-refractivity contribution >= 4 is 12.6 Å². The summed E-state index contributed by atoms with van der Waals surface area (Å²) in [6, 6.07) is 0. The van der Waals surface area contributed by atoms with Crippen molar-refractivity contribution in [3.8, 4) is 0 Å². The number of hydrogen-bond donors (Lipinski definition) is 1. The largest absolute Gasteiger partial charge is 0.379 e. The summed E-state index contributed by atoms with van der Waals surface area (Å²) in [6.45, 7) is 5.31. The minimum Gasteiger partial charge on any atom is -0.379 e. The molecule has 104 valence electrons. The predicted octanol–water partition coefficient (Wildman–Crippen LogP) is 4.09. The third-order valence-electron chi connectivity index (χ3n) is 2.75. The molecule has 0 atom stereocenters. The van der Waals surface area contributed by atoms with Gasteiger partial charge in [0, 0.05) is 12.4 Å². The Balaban J connectivity index is 2.85. The molecular formula is C14H30O2S. The molecule has 0 aliphatic heterocycles. The van der Waals surface area contributed by atoms with E-state index in [4.69, 9.17) is 9.47 Å². The first-order chi connectivity index (χ1) is 8.41. The average molecular weight is 262 g/mol. The minimum absolute atomic E-state index is 0.706. The van der Waals surface area contributed by atoms with E-state index in [9.17, 15) is 0 Å². The SMILES string of the molecule is CCCCCCCCCCOCCOCCS. The molecule has 0 rings (SSSR count). The van der Waals surface area contributed by atoms with Gasteiger partial charge in [-0.2, -0.15) is 12.6 Å². The molecule has 0 saturated carbocycles. The van der Waals surface area contributed by atoms with E-state index in [1.807, 2.05) is 0 Å². The molecule has 0 aromatic rings. The molecule has 0 saturated heterocycles. The lowest BCUT2D eigenvalue weighted by Crippen LogP contribution is -2.06. The van der Waals surface area contributed by atoms with Crippen molar-refractivity contribution in [1.29, 1.82) is 0 Å². The van der Waals surface area contributed by atoms with Crippen LogP contribution >= 0.6 is 12.6 Å². The minimum atomic E-state index is 0.706. The van der Waals surface area contributed by atoms with Crippen molar-refractivity contribution in [3.05, 3.63) is 0 Å². The standard InChI is InChI=1S/C14H30O2S/c1-2-3-4-5-6-7-8-9-10-15-11-12-16-13-14-17/h17H,2-14H2,1H3. The van der Waals surface area contributed by atoms with Crippen molar-refractivity contribution in [3.63, 3.8) is 0 Å². The van der Waals surface area contributed by atoms with E-state index in [0.29, 0.717) is 6.61 Å². The van der Waals surface area contributed by atoms with Crippen LogP contribution in [0.4, 0.5) is 0 Å². The zero-order valence-corrected chi connectivity index (χ0v) is 12.4. The Morgan fingerprint density at radius 1 is 0.647 bits per heavy atom. The van der Waals surface area contributed by atoms with E-state index in [1.54, 1.807) is 0 Å². The van der Waals surface area contributed by atoms with Gasteiger partial charge < -0.3 is 9.47 Å². The van der Waals surface area contributed by atoms with Gasteiger partial charge in [-0.1, -0.05) is 51.9 Å². The first kappa shape index (κ1) is 17.3. The molecule has 0 fully saturated rings. The first-order valence-corrected chi connectivity index (χ1v) is 7.81. The van der Waals surface area contributed by atoms with E-state index in [2.05, 4.69) is 19.6 Å². The highest BCUT2D eigenvalue weighted by molar-refractivity contribution is 7.80. The summed E-state index contributed by atoms with van der Waals surface area (Å²) < 4.78 is 10.7. The van der Waals surface area contributed by atoms with E-state index in [0.717, 1.165) is 25.6 Å². The molecule has 0 amide bonds. The molecule has 0 bridgehead atoms. The second kappa shape index (κ2) is 16.3. The normalized spacial score (nSPS) is 10.9. The van der Waals surface area contributed by atoms with Gasteiger partial charge in [0.2, 0.25) is 0 Å². The molecule has 3 heteroatoms. The Kier molecular flexibility index (Phi) is 16.5. The van der Waals surface area contributed by atoms with Gasteiger partial charge in [-0.25, -0.2) is 0 Å². The number of thiol groups is 1. The van der Waals surface area contributed by atoms with Gasteiger partial charge in [0.25, 0.3) is 0 Å². The first-order valence-electron chi connectivity index (χ1n) is 7.18. The predicted molar refractivity (Wildman–Crippen MR) is 78.1 cm³/mol. The van der Waals surface area contributed by atoms with E-state index >= 15 is 0 Å². The molecule has 17 heavy (non-hydrogen) atoms. The maximum atomic E-state index is 5.48. The second-order valence-corrected chi connectivity index (χ2v) is 4.87. The third kappa shape index (κ3) is 16.3. The van der Waals surface area contributed by atoms with Crippen LogP contribution in [0.5, 0.6) is 0 Å². The molecule has 0 N–H and O–H groups in total. The highest BCUT2D eigenvalue weighted by atomic mass is 32.1. The summed E-state index contributed by atoms with van der Waals surface area (Å²) in [5.74, 6) is 0.790. The summed E-state index contributed by atoms with van der Waals surface area (Å²) >= 11 is 4.07. The van der Waals surface area contributed by atoms with Crippen LogP contribution in [0.1, 0.15) is 58.3 Å². The number of ether oxygens (including phenoxy) is 2. The average Bonchev–Trinajstić information content (AvgIpc) is 2.35. The topological polar surface area (TPSA) is 18.5 Å². The molecule has 0 heterocycles. The summed E-state index contributed by atoms with van der Waals surface area (Å²) in [5, 5.41) is 0. The van der Waals surface area contributed by atoms with Gasteiger partial charge in [0.15, 0.2) is 0 Å². The Hall–Kier alpha value is 0.270. The molecule has 2 nitrogen and oxygen atoms in total. The number of hydrogen-bond acceptors (Lipinski definition) is 3. The van der Waals surface area contributed by atoms with Crippen molar-refractivity contribution in [1.82, 2.24) is 0 Å². The molecule has 0 aromatic heterocycles. The monoisotopic (exact) mass is 262 g/mol. The summed E-state index contributed by atoms with van der Waals surface area (Å²) in [5.41, 5.74) is 0. The van der Waals surface area contributed by atoms with Crippen LogP contribution in [-0.2, 0) is 9.47 Å². The van der Waals surface area contributed by atoms with Gasteiger partial charge in [-0.15, -0.1) is 0 Å². The second-order valence-electron chi connectivity index (χ2n) is 4.42. The van der Waals surface area contributed by atoms with Crippen LogP contribution in [0, 0.1) is 0 Å². The third-order valence-corrected chi connectivity index (χ3v) is 2.93. The van der Waals surface area contributed by atoms with Gasteiger partial charge in [0.05, 0.1) is 19.8 Å². The molecule has 0 spiro atoms. The summed E-state index contributed by atoms with van der Waals surface area (Å²) in [7, 11) is 0. The smallest absolute Gasteiger partial charge is 0.0700 e. The zero-order chi connectivity index (χ0) is 12.6. The van der Waals surface area contributed by atoms with Gasteiger partial charge in [-0.3, -0.25) is 0 Å². The van der Waals surface area contributed by atoms with E-state index in [1.165, 1.54) is 51.4 Å². The molecule has 0 aromatic carbocycles. The maximum Gasteiger partial charge on any atom is 0.0700 e. The van der Waals surface area contributed by atoms with Crippen LogP contribution in [0.15, 0.2) is 0 Å². The molecule has 0 aliphatic rings. The zero-order valence-electron chi connectivity index (χ0n) is 11.5. The fourth-order valence-electron chi connectivity index (χ4n) is 1.72. The van der Waals surface area contributed by atoms with Gasteiger partial charge in [0.1, 0.15) is 0 Å².